The average molecular weight is 593 g/mol. The standard InChI is InChI=1S/C24H23F7N6O2S/c1-2-14-12-32-21(40-14)15-11-22(24(29,30)31,33-20(38)18(15)19-34-36-37-35-19)16-7-6-13(10-17(16)25)39-9-5-3-4-8-23(26,27)28/h6-7,10,12H,2-5,8-9,11H2,1H3,(H,33,38)(H,34,35,36,37). The topological polar surface area (TPSA) is 106 Å². The first kappa shape index (κ1) is 29.4. The van der Waals surface area contributed by atoms with Gasteiger partial charge in [0.25, 0.3) is 5.91 Å². The van der Waals surface area contributed by atoms with Gasteiger partial charge in [0.1, 0.15) is 16.6 Å². The van der Waals surface area contributed by atoms with Gasteiger partial charge in [0.2, 0.25) is 5.82 Å². The van der Waals surface area contributed by atoms with Crippen molar-refractivity contribution in [1.29, 1.82) is 0 Å². The maximum Gasteiger partial charge on any atom is 0.416 e. The molecule has 8 nitrogen and oxygen atoms in total. The molecule has 2 aromatic heterocycles. The van der Waals surface area contributed by atoms with Crippen LogP contribution in [0.3, 0.4) is 0 Å². The van der Waals surface area contributed by atoms with Crippen LogP contribution in [0.2, 0.25) is 0 Å². The molecule has 1 unspecified atom stereocenters. The molecule has 3 aromatic rings. The first-order valence-corrected chi connectivity index (χ1v) is 13.0. The van der Waals surface area contributed by atoms with Crippen LogP contribution < -0.4 is 10.1 Å². The number of aromatic nitrogens is 5. The summed E-state index contributed by atoms with van der Waals surface area (Å²) in [5.74, 6) is -2.82. The van der Waals surface area contributed by atoms with E-state index in [4.69, 9.17) is 4.74 Å². The van der Waals surface area contributed by atoms with Gasteiger partial charge in [-0.05, 0) is 43.0 Å². The molecule has 0 bridgehead atoms. The van der Waals surface area contributed by atoms with Crippen molar-refractivity contribution in [2.45, 2.75) is 63.3 Å². The zero-order valence-electron chi connectivity index (χ0n) is 20.9. The van der Waals surface area contributed by atoms with Gasteiger partial charge in [-0.25, -0.2) is 9.37 Å². The molecule has 0 saturated heterocycles. The fourth-order valence-electron chi connectivity index (χ4n) is 4.30. The highest BCUT2D eigenvalue weighted by molar-refractivity contribution is 7.12. The van der Waals surface area contributed by atoms with Crippen molar-refractivity contribution in [1.82, 2.24) is 30.9 Å². The number of aryl methyl sites for hydroxylation is 1. The second-order valence-corrected chi connectivity index (χ2v) is 10.1. The van der Waals surface area contributed by atoms with Crippen molar-refractivity contribution >= 4 is 28.4 Å². The largest absolute Gasteiger partial charge is 0.493 e. The number of benzene rings is 1. The molecule has 3 heterocycles. The molecule has 2 N–H and O–H groups in total. The second kappa shape index (κ2) is 11.5. The van der Waals surface area contributed by atoms with Crippen molar-refractivity contribution in [3.05, 3.63) is 51.5 Å². The molecule has 0 saturated carbocycles. The lowest BCUT2D eigenvalue weighted by molar-refractivity contribution is -0.202. The number of amides is 1. The average Bonchev–Trinajstić information content (AvgIpc) is 3.57. The van der Waals surface area contributed by atoms with E-state index in [1.165, 1.54) is 6.20 Å². The lowest BCUT2D eigenvalue weighted by atomic mass is 9.78. The highest BCUT2D eigenvalue weighted by Gasteiger charge is 2.61. The van der Waals surface area contributed by atoms with Gasteiger partial charge in [-0.15, -0.1) is 21.5 Å². The number of nitrogens with one attached hydrogen (secondary N) is 2. The van der Waals surface area contributed by atoms with Gasteiger partial charge < -0.3 is 10.1 Å². The van der Waals surface area contributed by atoms with E-state index in [1.807, 2.05) is 12.2 Å². The van der Waals surface area contributed by atoms with E-state index in [0.29, 0.717) is 6.42 Å². The molecule has 216 valence electrons. The first-order valence-electron chi connectivity index (χ1n) is 12.2. The number of alkyl halides is 6. The van der Waals surface area contributed by atoms with Crippen LogP contribution in [0.5, 0.6) is 5.75 Å². The predicted molar refractivity (Wildman–Crippen MR) is 129 cm³/mol. The van der Waals surface area contributed by atoms with Gasteiger partial charge in [-0.2, -0.15) is 31.6 Å². The van der Waals surface area contributed by atoms with Gasteiger partial charge in [0, 0.05) is 41.1 Å². The molecule has 40 heavy (non-hydrogen) atoms. The summed E-state index contributed by atoms with van der Waals surface area (Å²) in [5, 5.41) is 15.1. The van der Waals surface area contributed by atoms with Crippen LogP contribution in [0.4, 0.5) is 30.7 Å². The number of H-pyrrole nitrogens is 1. The summed E-state index contributed by atoms with van der Waals surface area (Å²) in [6.45, 7) is 1.78. The lowest BCUT2D eigenvalue weighted by Gasteiger charge is -2.40. The monoisotopic (exact) mass is 592 g/mol. The predicted octanol–water partition coefficient (Wildman–Crippen LogP) is 5.75. The summed E-state index contributed by atoms with van der Waals surface area (Å²) in [5.41, 5.74) is -4.39. The zero-order valence-corrected chi connectivity index (χ0v) is 21.7. The van der Waals surface area contributed by atoms with Crippen LogP contribution in [-0.2, 0) is 16.8 Å². The SMILES string of the molecule is CCc1cnc(C2=C(c3nn[nH]n3)C(=O)NC(c3ccc(OCCCCCC(F)(F)F)cc3F)(C(F)(F)F)C2)s1. The van der Waals surface area contributed by atoms with Crippen molar-refractivity contribution in [3.8, 4) is 5.75 Å². The Kier molecular flexibility index (Phi) is 8.46. The lowest BCUT2D eigenvalue weighted by Crippen LogP contribution is -2.59. The summed E-state index contributed by atoms with van der Waals surface area (Å²) in [7, 11) is 0. The van der Waals surface area contributed by atoms with Crippen LogP contribution in [0.25, 0.3) is 11.1 Å². The highest BCUT2D eigenvalue weighted by atomic mass is 32.1. The molecule has 1 amide bonds. The van der Waals surface area contributed by atoms with E-state index in [2.05, 4.69) is 25.6 Å². The van der Waals surface area contributed by atoms with E-state index in [0.717, 1.165) is 34.4 Å². The Morgan fingerprint density at radius 2 is 1.90 bits per heavy atom. The van der Waals surface area contributed by atoms with Crippen molar-refractivity contribution in [2.24, 2.45) is 0 Å². The maximum absolute atomic E-state index is 15.3. The highest BCUT2D eigenvalue weighted by Crippen LogP contribution is 2.50. The number of halogens is 7. The number of hydrogen-bond acceptors (Lipinski definition) is 7. The molecule has 16 heteroatoms. The van der Waals surface area contributed by atoms with Crippen LogP contribution in [0, 0.1) is 5.82 Å². The van der Waals surface area contributed by atoms with Gasteiger partial charge in [0.15, 0.2) is 5.54 Å². The summed E-state index contributed by atoms with van der Waals surface area (Å²) in [6, 6.07) is 2.74. The quantitative estimate of drug-likeness (QED) is 0.230. The minimum atomic E-state index is -5.15. The van der Waals surface area contributed by atoms with E-state index in [1.54, 1.807) is 0 Å². The Hall–Kier alpha value is -3.56. The molecule has 4 rings (SSSR count). The van der Waals surface area contributed by atoms with Crippen LogP contribution in [-0.4, -0.2) is 50.5 Å². The Balaban J connectivity index is 1.65. The third kappa shape index (κ3) is 6.26. The van der Waals surface area contributed by atoms with E-state index >= 15 is 4.39 Å². The molecule has 0 aliphatic carbocycles. The summed E-state index contributed by atoms with van der Waals surface area (Å²) in [4.78, 5) is 18.2. The minimum absolute atomic E-state index is 0.0530. The van der Waals surface area contributed by atoms with Crippen LogP contribution in [0.15, 0.2) is 24.4 Å². The fraction of sp³-hybridized carbons (Fsp3) is 0.458. The number of unbranched alkanes of at least 4 members (excludes halogenated alkanes) is 2. The number of hydrogen-bond donors (Lipinski definition) is 2. The summed E-state index contributed by atoms with van der Waals surface area (Å²) < 4.78 is 102. The number of thiazole rings is 1. The summed E-state index contributed by atoms with van der Waals surface area (Å²) in [6.07, 6.45) is -8.87. The Morgan fingerprint density at radius 1 is 1.12 bits per heavy atom. The third-order valence-electron chi connectivity index (χ3n) is 6.28. The molecule has 1 aliphatic rings. The number of aromatic amines is 1. The van der Waals surface area contributed by atoms with Crippen LogP contribution in [0.1, 0.15) is 60.3 Å². The minimum Gasteiger partial charge on any atom is -0.493 e. The number of tetrazole rings is 1. The molecule has 1 aromatic carbocycles. The smallest absolute Gasteiger partial charge is 0.416 e. The van der Waals surface area contributed by atoms with Crippen LogP contribution >= 0.6 is 11.3 Å². The second-order valence-electron chi connectivity index (χ2n) is 9.02. The molecule has 0 fully saturated rings. The number of carbonyl (C=O) groups is 1. The fourth-order valence-corrected chi connectivity index (χ4v) is 5.20. The molecule has 1 atom stereocenters. The molecule has 0 radical (unpaired) electrons. The van der Waals surface area contributed by atoms with E-state index < -0.39 is 48.0 Å². The maximum atomic E-state index is 15.3. The number of carbonyl (C=O) groups excluding carboxylic acids is 1. The van der Waals surface area contributed by atoms with Crippen molar-refractivity contribution < 1.29 is 40.3 Å². The van der Waals surface area contributed by atoms with E-state index in [9.17, 15) is 31.1 Å². The molecule has 0 spiro atoms. The van der Waals surface area contributed by atoms with E-state index in [-0.39, 0.29) is 53.6 Å². The number of nitrogens with zero attached hydrogens (tertiary/aromatic N) is 4. The Morgan fingerprint density at radius 3 is 2.50 bits per heavy atom. The van der Waals surface area contributed by atoms with Gasteiger partial charge in [0.05, 0.1) is 12.2 Å². The molecular formula is C24H23F7N6O2S. The van der Waals surface area contributed by atoms with Gasteiger partial charge in [-0.3, -0.25) is 4.79 Å². The molecule has 1 aliphatic heterocycles. The van der Waals surface area contributed by atoms with Crippen molar-refractivity contribution in [3.63, 3.8) is 0 Å². The zero-order chi connectivity index (χ0) is 29.1. The van der Waals surface area contributed by atoms with Gasteiger partial charge in [-0.1, -0.05) is 6.92 Å². The van der Waals surface area contributed by atoms with Crippen molar-refractivity contribution in [2.75, 3.05) is 6.61 Å². The Labute approximate surface area is 227 Å². The first-order chi connectivity index (χ1) is 18.8. The van der Waals surface area contributed by atoms with Gasteiger partial charge >= 0.3 is 12.4 Å². The number of rotatable bonds is 10. The Bertz CT molecular complexity index is 1370. The normalized spacial score (nSPS) is 18.2. The summed E-state index contributed by atoms with van der Waals surface area (Å²) >= 11 is 1.09. The molecular weight excluding hydrogens is 569 g/mol. The third-order valence-corrected chi connectivity index (χ3v) is 7.49. The number of ether oxygens (including phenoxy) is 1.